The number of para-hydroxylation sites is 2. The predicted octanol–water partition coefficient (Wildman–Crippen LogP) is 3.78. The first kappa shape index (κ1) is 14.9. The fourth-order valence-corrected chi connectivity index (χ4v) is 3.35. The first-order valence-electron chi connectivity index (χ1n) is 8.30. The van der Waals surface area contributed by atoms with Crippen molar-refractivity contribution in [3.05, 3.63) is 78.6 Å². The molecule has 1 aromatic heterocycles. The summed E-state index contributed by atoms with van der Waals surface area (Å²) >= 11 is 0. The molecule has 0 saturated carbocycles. The van der Waals surface area contributed by atoms with Gasteiger partial charge in [0.05, 0.1) is 6.61 Å². The van der Waals surface area contributed by atoms with Crippen LogP contribution in [0.1, 0.15) is 5.56 Å². The van der Waals surface area contributed by atoms with Gasteiger partial charge in [0, 0.05) is 12.7 Å². The first-order chi connectivity index (χ1) is 11.9. The lowest BCUT2D eigenvalue weighted by molar-refractivity contribution is -0.663. The average Bonchev–Trinajstić information content (AvgIpc) is 2.98. The SMILES string of the molecule is COCCn1c[n+](Cc2cccc3ccccc23)c2ccccc21. The van der Waals surface area contributed by atoms with Gasteiger partial charge in [0.15, 0.2) is 11.0 Å². The molecular weight excluding hydrogens is 296 g/mol. The summed E-state index contributed by atoms with van der Waals surface area (Å²) < 4.78 is 9.84. The predicted molar refractivity (Wildman–Crippen MR) is 97.1 cm³/mol. The van der Waals surface area contributed by atoms with Gasteiger partial charge in [0.2, 0.25) is 6.33 Å². The van der Waals surface area contributed by atoms with Crippen LogP contribution >= 0.6 is 0 Å². The molecular formula is C21H21N2O+. The molecule has 0 aliphatic heterocycles. The topological polar surface area (TPSA) is 18.0 Å². The molecule has 0 saturated heterocycles. The van der Waals surface area contributed by atoms with Gasteiger partial charge in [-0.1, -0.05) is 54.6 Å². The minimum Gasteiger partial charge on any atom is -0.381 e. The van der Waals surface area contributed by atoms with Crippen molar-refractivity contribution in [3.63, 3.8) is 0 Å². The summed E-state index contributed by atoms with van der Waals surface area (Å²) in [4.78, 5) is 0. The minimum atomic E-state index is 0.715. The Hall–Kier alpha value is -2.65. The summed E-state index contributed by atoms with van der Waals surface area (Å²) in [6.07, 6.45) is 2.20. The molecule has 0 spiro atoms. The van der Waals surface area contributed by atoms with Crippen molar-refractivity contribution in [1.82, 2.24) is 4.57 Å². The Morgan fingerprint density at radius 3 is 2.62 bits per heavy atom. The molecule has 0 atom stereocenters. The zero-order valence-corrected chi connectivity index (χ0v) is 13.9. The van der Waals surface area contributed by atoms with E-state index in [1.807, 2.05) is 0 Å². The highest BCUT2D eigenvalue weighted by Gasteiger charge is 2.15. The van der Waals surface area contributed by atoms with E-state index in [1.165, 1.54) is 27.4 Å². The second-order valence-corrected chi connectivity index (χ2v) is 6.06. The molecule has 24 heavy (non-hydrogen) atoms. The van der Waals surface area contributed by atoms with E-state index < -0.39 is 0 Å². The zero-order chi connectivity index (χ0) is 16.4. The van der Waals surface area contributed by atoms with E-state index in [0.717, 1.165) is 13.1 Å². The van der Waals surface area contributed by atoms with Crippen molar-refractivity contribution in [2.75, 3.05) is 13.7 Å². The van der Waals surface area contributed by atoms with Crippen LogP contribution in [0.2, 0.25) is 0 Å². The summed E-state index contributed by atoms with van der Waals surface area (Å²) in [5.41, 5.74) is 3.84. The van der Waals surface area contributed by atoms with E-state index in [4.69, 9.17) is 4.74 Å². The van der Waals surface area contributed by atoms with Gasteiger partial charge in [-0.15, -0.1) is 0 Å². The summed E-state index contributed by atoms with van der Waals surface area (Å²) in [6.45, 7) is 2.44. The molecule has 3 nitrogen and oxygen atoms in total. The fourth-order valence-electron chi connectivity index (χ4n) is 3.35. The van der Waals surface area contributed by atoms with Gasteiger partial charge in [0.25, 0.3) is 0 Å². The second kappa shape index (κ2) is 6.46. The number of benzene rings is 3. The molecule has 0 amide bonds. The number of ether oxygens (including phenoxy) is 1. The largest absolute Gasteiger partial charge is 0.381 e. The molecule has 0 bridgehead atoms. The number of fused-ring (bicyclic) bond motifs is 2. The van der Waals surface area contributed by atoms with Crippen molar-refractivity contribution in [1.29, 1.82) is 0 Å². The molecule has 0 aliphatic carbocycles. The van der Waals surface area contributed by atoms with Crippen molar-refractivity contribution >= 4 is 21.8 Å². The van der Waals surface area contributed by atoms with Gasteiger partial charge in [-0.05, 0) is 22.9 Å². The van der Waals surface area contributed by atoms with Gasteiger partial charge in [0.1, 0.15) is 13.1 Å². The van der Waals surface area contributed by atoms with Crippen LogP contribution in [0.4, 0.5) is 0 Å². The Labute approximate surface area is 141 Å². The molecule has 0 radical (unpaired) electrons. The van der Waals surface area contributed by atoms with Crippen molar-refractivity contribution in [2.45, 2.75) is 13.1 Å². The quantitative estimate of drug-likeness (QED) is 0.512. The lowest BCUT2D eigenvalue weighted by atomic mass is 10.0. The van der Waals surface area contributed by atoms with E-state index in [2.05, 4.69) is 82.2 Å². The normalized spacial score (nSPS) is 11.4. The Balaban J connectivity index is 1.79. The number of imidazole rings is 1. The molecule has 0 aliphatic rings. The van der Waals surface area contributed by atoms with Crippen LogP contribution < -0.4 is 4.57 Å². The molecule has 0 unspecified atom stereocenters. The van der Waals surface area contributed by atoms with E-state index >= 15 is 0 Å². The Morgan fingerprint density at radius 2 is 1.71 bits per heavy atom. The van der Waals surface area contributed by atoms with Gasteiger partial charge in [-0.2, -0.15) is 0 Å². The fraction of sp³-hybridized carbons (Fsp3) is 0.190. The summed E-state index contributed by atoms with van der Waals surface area (Å²) in [7, 11) is 1.75. The van der Waals surface area contributed by atoms with Crippen molar-refractivity contribution in [2.24, 2.45) is 0 Å². The van der Waals surface area contributed by atoms with Crippen molar-refractivity contribution in [3.8, 4) is 0 Å². The molecule has 120 valence electrons. The third-order valence-corrected chi connectivity index (χ3v) is 4.54. The number of methoxy groups -OCH3 is 1. The van der Waals surface area contributed by atoms with Gasteiger partial charge in [-0.25, -0.2) is 9.13 Å². The maximum atomic E-state index is 5.25. The molecule has 0 N–H and O–H groups in total. The number of rotatable bonds is 5. The summed E-state index contributed by atoms with van der Waals surface area (Å²) in [5.74, 6) is 0. The number of nitrogens with zero attached hydrogens (tertiary/aromatic N) is 2. The standard InChI is InChI=1S/C21H21N2O/c1-24-14-13-22-16-23(21-12-5-4-11-20(21)22)15-18-9-6-8-17-7-2-3-10-19(17)18/h2-12,16H,13-15H2,1H3/q+1. The second-order valence-electron chi connectivity index (χ2n) is 6.06. The molecule has 3 aromatic carbocycles. The third-order valence-electron chi connectivity index (χ3n) is 4.54. The monoisotopic (exact) mass is 317 g/mol. The number of aromatic nitrogens is 2. The van der Waals surface area contributed by atoms with Crippen molar-refractivity contribution < 1.29 is 9.30 Å². The van der Waals surface area contributed by atoms with Crippen LogP contribution in [0.5, 0.6) is 0 Å². The zero-order valence-electron chi connectivity index (χ0n) is 13.9. The van der Waals surface area contributed by atoms with E-state index in [0.29, 0.717) is 6.61 Å². The maximum Gasteiger partial charge on any atom is 0.245 e. The highest BCUT2D eigenvalue weighted by atomic mass is 16.5. The van der Waals surface area contributed by atoms with E-state index in [-0.39, 0.29) is 0 Å². The minimum absolute atomic E-state index is 0.715. The van der Waals surface area contributed by atoms with Crippen LogP contribution in [0.15, 0.2) is 73.1 Å². The summed E-state index contributed by atoms with van der Waals surface area (Å²) in [5, 5.41) is 2.61. The first-order valence-corrected chi connectivity index (χ1v) is 8.30. The Morgan fingerprint density at radius 1 is 0.917 bits per heavy atom. The maximum absolute atomic E-state index is 5.25. The number of hydrogen-bond acceptors (Lipinski definition) is 1. The molecule has 4 aromatic rings. The smallest absolute Gasteiger partial charge is 0.245 e. The molecule has 0 fully saturated rings. The Kier molecular flexibility index (Phi) is 4.01. The number of hydrogen-bond donors (Lipinski definition) is 0. The van der Waals surface area contributed by atoms with Crippen LogP contribution in [0.25, 0.3) is 21.8 Å². The van der Waals surface area contributed by atoms with Crippen LogP contribution in [-0.4, -0.2) is 18.3 Å². The van der Waals surface area contributed by atoms with Gasteiger partial charge >= 0.3 is 0 Å². The van der Waals surface area contributed by atoms with Gasteiger partial charge < -0.3 is 4.74 Å². The molecule has 3 heteroatoms. The lowest BCUT2D eigenvalue weighted by Crippen LogP contribution is -2.33. The highest BCUT2D eigenvalue weighted by Crippen LogP contribution is 2.19. The van der Waals surface area contributed by atoms with Gasteiger partial charge in [-0.3, -0.25) is 0 Å². The average molecular weight is 317 g/mol. The van der Waals surface area contributed by atoms with Crippen LogP contribution in [-0.2, 0) is 17.8 Å². The third kappa shape index (κ3) is 2.68. The molecule has 1 heterocycles. The highest BCUT2D eigenvalue weighted by molar-refractivity contribution is 5.85. The van der Waals surface area contributed by atoms with E-state index in [9.17, 15) is 0 Å². The Bertz CT molecular complexity index is 982. The summed E-state index contributed by atoms with van der Waals surface area (Å²) in [6, 6.07) is 23.7. The van der Waals surface area contributed by atoms with E-state index in [1.54, 1.807) is 7.11 Å². The molecule has 4 rings (SSSR count). The van der Waals surface area contributed by atoms with Crippen LogP contribution in [0, 0.1) is 0 Å². The van der Waals surface area contributed by atoms with Crippen LogP contribution in [0.3, 0.4) is 0 Å². The lowest BCUT2D eigenvalue weighted by Gasteiger charge is -2.04.